The summed E-state index contributed by atoms with van der Waals surface area (Å²) in [5.74, 6) is 0.466. The molecule has 1 spiro atoms. The van der Waals surface area contributed by atoms with Crippen molar-refractivity contribution in [2.75, 3.05) is 11.4 Å². The van der Waals surface area contributed by atoms with Crippen molar-refractivity contribution in [3.05, 3.63) is 47.1 Å². The standard InChI is InChI=1S/C16H15ClFN3/c17-12-4-3-11(9-13(12)18)21-10-16(5-1-2-6-16)14-15(21)20-8-7-19-14/h3-4,7-9H,1-2,5-6,10H2. The lowest BCUT2D eigenvalue weighted by Gasteiger charge is -2.24. The third-order valence-electron chi connectivity index (χ3n) is 4.67. The van der Waals surface area contributed by atoms with Gasteiger partial charge in [0.2, 0.25) is 0 Å². The topological polar surface area (TPSA) is 29.0 Å². The van der Waals surface area contributed by atoms with Crippen molar-refractivity contribution >= 4 is 23.1 Å². The Morgan fingerprint density at radius 2 is 1.90 bits per heavy atom. The van der Waals surface area contributed by atoms with Crippen LogP contribution in [-0.4, -0.2) is 16.5 Å². The number of nitrogens with zero attached hydrogens (tertiary/aromatic N) is 3. The molecule has 1 fully saturated rings. The first-order valence-corrected chi connectivity index (χ1v) is 7.62. The van der Waals surface area contributed by atoms with E-state index in [-0.39, 0.29) is 10.4 Å². The molecule has 0 N–H and O–H groups in total. The zero-order valence-electron chi connectivity index (χ0n) is 11.5. The van der Waals surface area contributed by atoms with E-state index in [0.29, 0.717) is 0 Å². The summed E-state index contributed by atoms with van der Waals surface area (Å²) in [6.45, 7) is 0.827. The van der Waals surface area contributed by atoms with Crippen LogP contribution in [0.25, 0.3) is 0 Å². The lowest BCUT2D eigenvalue weighted by Crippen LogP contribution is -2.29. The fourth-order valence-electron chi connectivity index (χ4n) is 3.67. The molecule has 21 heavy (non-hydrogen) atoms. The summed E-state index contributed by atoms with van der Waals surface area (Å²) in [5.41, 5.74) is 1.94. The average molecular weight is 304 g/mol. The van der Waals surface area contributed by atoms with E-state index in [1.165, 1.54) is 18.9 Å². The highest BCUT2D eigenvalue weighted by atomic mass is 35.5. The van der Waals surface area contributed by atoms with Crippen LogP contribution in [0.15, 0.2) is 30.6 Å². The van der Waals surface area contributed by atoms with Crippen LogP contribution in [0.2, 0.25) is 5.02 Å². The zero-order chi connectivity index (χ0) is 14.4. The second-order valence-electron chi connectivity index (χ2n) is 5.90. The Morgan fingerprint density at radius 3 is 2.67 bits per heavy atom. The number of hydrogen-bond acceptors (Lipinski definition) is 3. The molecule has 2 aromatic rings. The molecule has 3 nitrogen and oxygen atoms in total. The van der Waals surface area contributed by atoms with Gasteiger partial charge >= 0.3 is 0 Å². The lowest BCUT2D eigenvalue weighted by atomic mass is 9.85. The van der Waals surface area contributed by atoms with E-state index in [2.05, 4.69) is 14.9 Å². The fraction of sp³-hybridized carbons (Fsp3) is 0.375. The quantitative estimate of drug-likeness (QED) is 0.789. The van der Waals surface area contributed by atoms with Crippen LogP contribution in [0.4, 0.5) is 15.9 Å². The van der Waals surface area contributed by atoms with Gasteiger partial charge in [-0.3, -0.25) is 4.98 Å². The molecule has 1 aromatic carbocycles. The monoisotopic (exact) mass is 303 g/mol. The molecule has 108 valence electrons. The molecule has 0 unspecified atom stereocenters. The zero-order valence-corrected chi connectivity index (χ0v) is 12.3. The van der Waals surface area contributed by atoms with Gasteiger partial charge in [0.25, 0.3) is 0 Å². The van der Waals surface area contributed by atoms with Crippen molar-refractivity contribution in [1.82, 2.24) is 9.97 Å². The van der Waals surface area contributed by atoms with E-state index in [1.807, 2.05) is 6.07 Å². The molecule has 2 heterocycles. The van der Waals surface area contributed by atoms with Gasteiger partial charge in [-0.1, -0.05) is 24.4 Å². The molecule has 1 saturated carbocycles. The number of benzene rings is 1. The van der Waals surface area contributed by atoms with Gasteiger partial charge in [0.15, 0.2) is 5.82 Å². The normalized spacial score (nSPS) is 19.2. The highest BCUT2D eigenvalue weighted by molar-refractivity contribution is 6.30. The summed E-state index contributed by atoms with van der Waals surface area (Å²) >= 11 is 5.79. The third kappa shape index (κ3) is 1.93. The molecule has 4 rings (SSSR count). The largest absolute Gasteiger partial charge is 0.324 e. The first-order valence-electron chi connectivity index (χ1n) is 7.24. The van der Waals surface area contributed by atoms with Gasteiger partial charge in [0.1, 0.15) is 5.82 Å². The van der Waals surface area contributed by atoms with Crippen LogP contribution in [0.1, 0.15) is 31.4 Å². The maximum absolute atomic E-state index is 13.8. The highest BCUT2D eigenvalue weighted by Crippen LogP contribution is 2.50. The summed E-state index contributed by atoms with van der Waals surface area (Å²) in [4.78, 5) is 11.2. The molecule has 0 saturated heterocycles. The van der Waals surface area contributed by atoms with Crippen LogP contribution in [-0.2, 0) is 5.41 Å². The van der Waals surface area contributed by atoms with E-state index >= 15 is 0 Å². The molecule has 1 aliphatic carbocycles. The summed E-state index contributed by atoms with van der Waals surface area (Å²) in [6, 6.07) is 4.93. The Kier molecular flexibility index (Phi) is 2.89. The van der Waals surface area contributed by atoms with Crippen molar-refractivity contribution in [2.24, 2.45) is 0 Å². The smallest absolute Gasteiger partial charge is 0.155 e. The SMILES string of the molecule is Fc1cc(N2CC3(CCCC3)c3nccnc32)ccc1Cl. The van der Waals surface area contributed by atoms with Crippen molar-refractivity contribution in [1.29, 1.82) is 0 Å². The van der Waals surface area contributed by atoms with E-state index in [9.17, 15) is 4.39 Å². The molecule has 1 aromatic heterocycles. The van der Waals surface area contributed by atoms with Gasteiger partial charge in [-0.05, 0) is 31.0 Å². The summed E-state index contributed by atoms with van der Waals surface area (Å²) in [6.07, 6.45) is 8.16. The number of rotatable bonds is 1. The van der Waals surface area contributed by atoms with Crippen LogP contribution < -0.4 is 4.90 Å². The number of fused-ring (bicyclic) bond motifs is 2. The van der Waals surface area contributed by atoms with Crippen molar-refractivity contribution < 1.29 is 4.39 Å². The predicted octanol–water partition coefficient (Wildman–Crippen LogP) is 4.23. The number of halogens is 2. The van der Waals surface area contributed by atoms with Gasteiger partial charge in [-0.2, -0.15) is 0 Å². The minimum absolute atomic E-state index is 0.0830. The second kappa shape index (κ2) is 4.67. The first kappa shape index (κ1) is 13.0. The fourth-order valence-corrected chi connectivity index (χ4v) is 3.79. The third-order valence-corrected chi connectivity index (χ3v) is 4.98. The Hall–Kier alpha value is -1.68. The Balaban J connectivity index is 1.82. The molecule has 2 aliphatic rings. The summed E-state index contributed by atoms with van der Waals surface area (Å²) < 4.78 is 13.8. The van der Waals surface area contributed by atoms with E-state index in [1.54, 1.807) is 18.5 Å². The number of hydrogen-bond donors (Lipinski definition) is 0. The second-order valence-corrected chi connectivity index (χ2v) is 6.31. The highest BCUT2D eigenvalue weighted by Gasteiger charge is 2.47. The van der Waals surface area contributed by atoms with Gasteiger partial charge in [-0.25, -0.2) is 9.37 Å². The maximum Gasteiger partial charge on any atom is 0.155 e. The number of aromatic nitrogens is 2. The van der Waals surface area contributed by atoms with Crippen LogP contribution >= 0.6 is 11.6 Å². The molecule has 5 heteroatoms. The summed E-state index contributed by atoms with van der Waals surface area (Å²) in [5, 5.41) is 0.146. The summed E-state index contributed by atoms with van der Waals surface area (Å²) in [7, 11) is 0. The average Bonchev–Trinajstić information content (AvgIpc) is 3.10. The van der Waals surface area contributed by atoms with Gasteiger partial charge in [0, 0.05) is 30.0 Å². The van der Waals surface area contributed by atoms with Crippen molar-refractivity contribution in [3.8, 4) is 0 Å². The predicted molar refractivity (Wildman–Crippen MR) is 80.6 cm³/mol. The van der Waals surface area contributed by atoms with Crippen LogP contribution in [0.3, 0.4) is 0 Å². The molecular formula is C16H15ClFN3. The van der Waals surface area contributed by atoms with Crippen LogP contribution in [0.5, 0.6) is 0 Å². The molecule has 0 atom stereocenters. The van der Waals surface area contributed by atoms with E-state index < -0.39 is 5.82 Å². The molecule has 1 aliphatic heterocycles. The molecule has 0 bridgehead atoms. The maximum atomic E-state index is 13.8. The first-order chi connectivity index (χ1) is 10.2. The van der Waals surface area contributed by atoms with Gasteiger partial charge < -0.3 is 4.90 Å². The molecular weight excluding hydrogens is 289 g/mol. The molecule has 0 radical (unpaired) electrons. The minimum Gasteiger partial charge on any atom is -0.324 e. The van der Waals surface area contributed by atoms with E-state index in [4.69, 9.17) is 11.6 Å². The number of anilines is 2. The molecule has 0 amide bonds. The Bertz CT molecular complexity index is 698. The lowest BCUT2D eigenvalue weighted by molar-refractivity contribution is 0.465. The van der Waals surface area contributed by atoms with E-state index in [0.717, 1.165) is 36.6 Å². The van der Waals surface area contributed by atoms with Gasteiger partial charge in [-0.15, -0.1) is 0 Å². The Labute approximate surface area is 127 Å². The van der Waals surface area contributed by atoms with Crippen molar-refractivity contribution in [2.45, 2.75) is 31.1 Å². The van der Waals surface area contributed by atoms with Gasteiger partial charge in [0.05, 0.1) is 10.7 Å². The van der Waals surface area contributed by atoms with Crippen LogP contribution in [0, 0.1) is 5.82 Å². The minimum atomic E-state index is -0.396. The Morgan fingerprint density at radius 1 is 1.14 bits per heavy atom. The van der Waals surface area contributed by atoms with Crippen molar-refractivity contribution in [3.63, 3.8) is 0 Å².